The molecule has 0 bridgehead atoms. The minimum absolute atomic E-state index is 0.0106. The van der Waals surface area contributed by atoms with Crippen LogP contribution in [0.15, 0.2) is 72.9 Å². The van der Waals surface area contributed by atoms with Crippen molar-refractivity contribution >= 4 is 17.9 Å². The number of rotatable bonds is 34. The van der Waals surface area contributed by atoms with Crippen molar-refractivity contribution in [3.8, 4) is 0 Å². The van der Waals surface area contributed by atoms with Gasteiger partial charge in [0.05, 0.1) is 40.3 Å². The van der Waals surface area contributed by atoms with E-state index in [0.717, 1.165) is 70.6 Å². The van der Waals surface area contributed by atoms with E-state index in [4.69, 9.17) is 14.2 Å². The number of esters is 2. The molecule has 296 valence electrons. The molecule has 0 N–H and O–H groups in total. The topological polar surface area (TPSA) is 102 Å². The number of hydrogen-bond donors (Lipinski definition) is 0. The third-order valence-electron chi connectivity index (χ3n) is 8.34. The van der Waals surface area contributed by atoms with Crippen molar-refractivity contribution in [3.63, 3.8) is 0 Å². The summed E-state index contributed by atoms with van der Waals surface area (Å²) in [5.41, 5.74) is 0. The van der Waals surface area contributed by atoms with Crippen molar-refractivity contribution in [2.75, 3.05) is 41.0 Å². The van der Waals surface area contributed by atoms with E-state index in [-0.39, 0.29) is 49.1 Å². The molecule has 0 aromatic heterocycles. The predicted molar refractivity (Wildman–Crippen MR) is 212 cm³/mol. The van der Waals surface area contributed by atoms with Crippen LogP contribution in [0.5, 0.6) is 0 Å². The Balaban J connectivity index is 4.54. The zero-order chi connectivity index (χ0) is 38.5. The number of likely N-dealkylation sites (N-methyl/N-ethyl adjacent to an activating group) is 1. The summed E-state index contributed by atoms with van der Waals surface area (Å²) in [5.74, 6) is -1.86. The van der Waals surface area contributed by atoms with Gasteiger partial charge in [-0.3, -0.25) is 9.59 Å². The number of quaternary nitrogens is 1. The van der Waals surface area contributed by atoms with E-state index in [1.165, 1.54) is 25.7 Å². The Morgan fingerprint density at radius 2 is 1.12 bits per heavy atom. The van der Waals surface area contributed by atoms with Gasteiger partial charge in [-0.1, -0.05) is 119 Å². The fourth-order valence-corrected chi connectivity index (χ4v) is 5.23. The normalized spacial score (nSPS) is 13.8. The summed E-state index contributed by atoms with van der Waals surface area (Å²) >= 11 is 0. The maximum Gasteiger partial charge on any atom is 0.306 e. The number of ether oxygens (including phenoxy) is 3. The fourth-order valence-electron chi connectivity index (χ4n) is 5.23. The molecule has 0 rings (SSSR count). The molecule has 0 saturated carbocycles. The maximum atomic E-state index is 12.6. The Hall–Kier alpha value is -3.23. The molecule has 0 aliphatic carbocycles. The van der Waals surface area contributed by atoms with Crippen molar-refractivity contribution in [2.24, 2.45) is 0 Å². The number of carbonyl (C=O) groups excluding carboxylic acids is 3. The predicted octanol–water partition coefficient (Wildman–Crippen LogP) is 9.07. The molecule has 2 atom stereocenters. The monoisotopic (exact) mass is 728 g/mol. The molecule has 0 amide bonds. The van der Waals surface area contributed by atoms with Gasteiger partial charge in [-0.15, -0.1) is 0 Å². The van der Waals surface area contributed by atoms with Crippen LogP contribution in [0.25, 0.3) is 0 Å². The zero-order valence-electron chi connectivity index (χ0n) is 33.4. The van der Waals surface area contributed by atoms with Gasteiger partial charge in [0, 0.05) is 19.3 Å². The second-order valence-corrected chi connectivity index (χ2v) is 14.1. The Morgan fingerprint density at radius 3 is 1.67 bits per heavy atom. The number of hydrogen-bond acceptors (Lipinski definition) is 7. The number of aliphatic carboxylic acids is 1. The molecule has 0 saturated heterocycles. The number of nitrogens with zero attached hydrogens (tertiary/aromatic N) is 1. The summed E-state index contributed by atoms with van der Waals surface area (Å²) < 4.78 is 17.0. The first-order chi connectivity index (χ1) is 25.1. The fraction of sp³-hybridized carbons (Fsp3) is 0.659. The van der Waals surface area contributed by atoms with Gasteiger partial charge >= 0.3 is 11.9 Å². The van der Waals surface area contributed by atoms with Crippen LogP contribution in [-0.4, -0.2) is 75.5 Å². The van der Waals surface area contributed by atoms with Gasteiger partial charge in [0.15, 0.2) is 6.10 Å². The molecule has 0 radical (unpaired) electrons. The number of carboxylic acids is 1. The highest BCUT2D eigenvalue weighted by molar-refractivity contribution is 5.70. The number of carboxylic acid groups (broad SMARTS) is 1. The van der Waals surface area contributed by atoms with Gasteiger partial charge in [0.1, 0.15) is 12.6 Å². The molecule has 0 aliphatic rings. The second kappa shape index (κ2) is 34.8. The van der Waals surface area contributed by atoms with Crippen LogP contribution in [0.4, 0.5) is 0 Å². The first-order valence-electron chi connectivity index (χ1n) is 20.0. The molecule has 0 aliphatic heterocycles. The Bertz CT molecular complexity index is 1080. The average Bonchev–Trinajstić information content (AvgIpc) is 3.09. The van der Waals surface area contributed by atoms with Crippen molar-refractivity contribution in [3.05, 3.63) is 72.9 Å². The molecule has 0 spiro atoms. The molecule has 8 nitrogen and oxygen atoms in total. The average molecular weight is 728 g/mol. The van der Waals surface area contributed by atoms with Crippen molar-refractivity contribution in [2.45, 2.75) is 148 Å². The van der Waals surface area contributed by atoms with Crippen LogP contribution in [0, 0.1) is 0 Å². The van der Waals surface area contributed by atoms with Gasteiger partial charge < -0.3 is 28.6 Å². The van der Waals surface area contributed by atoms with Crippen molar-refractivity contribution in [1.82, 2.24) is 0 Å². The molecule has 2 unspecified atom stereocenters. The SMILES string of the molecule is CC/C=C/C/C=C/C/C=C/C/C=C/C/C=C/CCC(=O)OCC(COCCC(C(=O)[O-])[N+](C)(C)C)OC(=O)CCCCCCC/C=C/CCCCC. The highest BCUT2D eigenvalue weighted by atomic mass is 16.6. The molecule has 0 fully saturated rings. The summed E-state index contributed by atoms with van der Waals surface area (Å²) in [5, 5.41) is 11.6. The summed E-state index contributed by atoms with van der Waals surface area (Å²) in [6.07, 6.45) is 42.2. The smallest absolute Gasteiger partial charge is 0.306 e. The molecule has 52 heavy (non-hydrogen) atoms. The summed E-state index contributed by atoms with van der Waals surface area (Å²) in [7, 11) is 5.37. The van der Waals surface area contributed by atoms with E-state index in [1.54, 1.807) is 21.1 Å². The van der Waals surface area contributed by atoms with Gasteiger partial charge in [-0.25, -0.2) is 0 Å². The van der Waals surface area contributed by atoms with Crippen molar-refractivity contribution < 1.29 is 38.2 Å². The number of carbonyl (C=O) groups is 3. The maximum absolute atomic E-state index is 12.6. The van der Waals surface area contributed by atoms with Crippen LogP contribution in [-0.2, 0) is 28.6 Å². The number of unbranched alkanes of at least 4 members (excludes halogenated alkanes) is 8. The van der Waals surface area contributed by atoms with Gasteiger partial charge in [0.2, 0.25) is 0 Å². The first-order valence-corrected chi connectivity index (χ1v) is 20.0. The molecule has 8 heteroatoms. The number of allylic oxidation sites excluding steroid dienone is 12. The zero-order valence-corrected chi connectivity index (χ0v) is 33.4. The third-order valence-corrected chi connectivity index (χ3v) is 8.34. The molecular weight excluding hydrogens is 654 g/mol. The van der Waals surface area contributed by atoms with Crippen LogP contribution in [0.3, 0.4) is 0 Å². The van der Waals surface area contributed by atoms with Gasteiger partial charge in [-0.2, -0.15) is 0 Å². The lowest BCUT2D eigenvalue weighted by Crippen LogP contribution is -2.55. The molecule has 0 aromatic rings. The van der Waals surface area contributed by atoms with E-state index in [1.807, 2.05) is 12.2 Å². The van der Waals surface area contributed by atoms with Crippen LogP contribution >= 0.6 is 0 Å². The van der Waals surface area contributed by atoms with E-state index >= 15 is 0 Å². The van der Waals surface area contributed by atoms with E-state index < -0.39 is 18.1 Å². The first kappa shape index (κ1) is 48.8. The molecule has 0 heterocycles. The van der Waals surface area contributed by atoms with Gasteiger partial charge in [-0.05, 0) is 70.6 Å². The Kier molecular flexibility index (Phi) is 32.7. The van der Waals surface area contributed by atoms with Crippen LogP contribution in [0.2, 0.25) is 0 Å². The Morgan fingerprint density at radius 1 is 0.596 bits per heavy atom. The largest absolute Gasteiger partial charge is 0.544 e. The quantitative estimate of drug-likeness (QED) is 0.0282. The molecule has 0 aromatic carbocycles. The summed E-state index contributed by atoms with van der Waals surface area (Å²) in [4.78, 5) is 36.7. The van der Waals surface area contributed by atoms with E-state index in [9.17, 15) is 19.5 Å². The standard InChI is InChI=1S/C44H73NO7/c1-6-8-10-12-14-16-18-20-21-22-23-25-26-28-30-32-34-42(46)51-39-40(38-50-37-36-41(44(48)49)45(3,4)5)52-43(47)35-33-31-29-27-24-19-17-15-13-11-9-7-2/h8,10,14-17,20-21,23,25,28,30,40-41H,6-7,9,11-13,18-19,22,24,26-27,29,31-39H2,1-5H3/b10-8+,16-14+,17-15+,21-20+,25-23+,30-28+. The lowest BCUT2D eigenvalue weighted by atomic mass is 10.1. The highest BCUT2D eigenvalue weighted by Gasteiger charge is 2.25. The second-order valence-electron chi connectivity index (χ2n) is 14.1. The van der Waals surface area contributed by atoms with Crippen LogP contribution < -0.4 is 5.11 Å². The summed E-state index contributed by atoms with van der Waals surface area (Å²) in [6, 6.07) is -0.739. The van der Waals surface area contributed by atoms with Gasteiger partial charge in [0.25, 0.3) is 0 Å². The summed E-state index contributed by atoms with van der Waals surface area (Å²) in [6.45, 7) is 4.40. The minimum Gasteiger partial charge on any atom is -0.544 e. The van der Waals surface area contributed by atoms with Crippen molar-refractivity contribution in [1.29, 1.82) is 0 Å². The van der Waals surface area contributed by atoms with Crippen LogP contribution in [0.1, 0.15) is 136 Å². The van der Waals surface area contributed by atoms with E-state index in [2.05, 4.69) is 74.6 Å². The lowest BCUT2D eigenvalue weighted by molar-refractivity contribution is -0.889. The molecular formula is C44H73NO7. The van der Waals surface area contributed by atoms with E-state index in [0.29, 0.717) is 12.8 Å². The lowest BCUT2D eigenvalue weighted by Gasteiger charge is -2.34. The highest BCUT2D eigenvalue weighted by Crippen LogP contribution is 2.12. The minimum atomic E-state index is -1.14. The third kappa shape index (κ3) is 32.7. The Labute approximate surface area is 317 Å².